The van der Waals surface area contributed by atoms with Crippen molar-refractivity contribution in [1.29, 1.82) is 0 Å². The maximum absolute atomic E-state index is 13.4. The summed E-state index contributed by atoms with van der Waals surface area (Å²) < 4.78 is 11.2. The van der Waals surface area contributed by atoms with Crippen LogP contribution in [0.25, 0.3) is 17.0 Å². The first kappa shape index (κ1) is 19.4. The van der Waals surface area contributed by atoms with Crippen LogP contribution in [-0.4, -0.2) is 18.9 Å². The summed E-state index contributed by atoms with van der Waals surface area (Å²) in [7, 11) is 1.33. The van der Waals surface area contributed by atoms with E-state index in [2.05, 4.69) is 5.32 Å². The van der Waals surface area contributed by atoms with Crippen molar-refractivity contribution in [2.45, 2.75) is 12.8 Å². The van der Waals surface area contributed by atoms with Crippen LogP contribution < -0.4 is 5.32 Å². The molecule has 3 aromatic rings. The van der Waals surface area contributed by atoms with Crippen molar-refractivity contribution >= 4 is 29.1 Å². The van der Waals surface area contributed by atoms with Crippen LogP contribution in [0.3, 0.4) is 0 Å². The molecule has 1 N–H and O–H groups in total. The van der Waals surface area contributed by atoms with Crippen LogP contribution in [0.4, 0.5) is 0 Å². The second kappa shape index (κ2) is 7.29. The Bertz CT molecular complexity index is 1300. The molecule has 1 aliphatic carbocycles. The minimum atomic E-state index is -0.676. The lowest BCUT2D eigenvalue weighted by Gasteiger charge is -2.27. The molecule has 5 nitrogen and oxygen atoms in total. The van der Waals surface area contributed by atoms with Gasteiger partial charge in [-0.1, -0.05) is 35.9 Å². The molecule has 0 fully saturated rings. The Morgan fingerprint density at radius 1 is 1.03 bits per heavy atom. The van der Waals surface area contributed by atoms with E-state index in [4.69, 9.17) is 20.8 Å². The number of hydrogen-bond acceptors (Lipinski definition) is 5. The number of methoxy groups -OCH3 is 1. The fourth-order valence-corrected chi connectivity index (χ4v) is 4.40. The molecular formula is C25H18ClNO4. The minimum Gasteiger partial charge on any atom is -0.466 e. The third-order valence-corrected chi connectivity index (χ3v) is 5.95. The third kappa shape index (κ3) is 3.01. The third-order valence-electron chi connectivity index (χ3n) is 5.69. The lowest BCUT2D eigenvalue weighted by atomic mass is 9.83. The molecule has 154 valence electrons. The smallest absolute Gasteiger partial charge is 0.336 e. The predicted octanol–water partition coefficient (Wildman–Crippen LogP) is 5.34. The van der Waals surface area contributed by atoms with Gasteiger partial charge in [-0.25, -0.2) is 4.79 Å². The standard InChI is InChI=1S/C25H18ClNO4/c1-13-20(25(29)30-2)21(19-12-11-18(31-19)14-7-9-15(26)10-8-14)22-23(27-13)16-5-3-4-6-17(16)24(22)28/h3-12,21,27H,1-2H3/t21-/m1/s1. The number of carbonyl (C=O) groups is 2. The summed E-state index contributed by atoms with van der Waals surface area (Å²) in [5.74, 6) is -0.183. The van der Waals surface area contributed by atoms with Crippen LogP contribution in [0.15, 0.2) is 81.9 Å². The van der Waals surface area contributed by atoms with Crippen molar-refractivity contribution in [3.05, 3.63) is 99.4 Å². The Kier molecular flexibility index (Phi) is 4.56. The normalized spacial score (nSPS) is 17.4. The summed E-state index contributed by atoms with van der Waals surface area (Å²) in [6.07, 6.45) is 0. The summed E-state index contributed by atoms with van der Waals surface area (Å²) in [6.45, 7) is 1.80. The van der Waals surface area contributed by atoms with Crippen molar-refractivity contribution in [2.24, 2.45) is 0 Å². The van der Waals surface area contributed by atoms with Crippen LogP contribution in [0.2, 0.25) is 5.02 Å². The van der Waals surface area contributed by atoms with Gasteiger partial charge in [-0.2, -0.15) is 0 Å². The second-order valence-electron chi connectivity index (χ2n) is 7.46. The number of Topliss-reactive ketones (excluding diaryl/α,β-unsaturated/α-hetero) is 1. The van der Waals surface area contributed by atoms with Gasteiger partial charge in [0.15, 0.2) is 5.78 Å². The van der Waals surface area contributed by atoms with E-state index >= 15 is 0 Å². The summed E-state index contributed by atoms with van der Waals surface area (Å²) in [4.78, 5) is 26.1. The summed E-state index contributed by atoms with van der Waals surface area (Å²) in [5.41, 5.74) is 4.46. The Morgan fingerprint density at radius 2 is 1.74 bits per heavy atom. The second-order valence-corrected chi connectivity index (χ2v) is 7.90. The lowest BCUT2D eigenvalue weighted by Crippen LogP contribution is -2.28. The molecule has 2 aromatic carbocycles. The number of dihydropyridines is 1. The number of ether oxygens (including phenoxy) is 1. The Hall–Kier alpha value is -3.57. The lowest BCUT2D eigenvalue weighted by molar-refractivity contribution is -0.136. The van der Waals surface area contributed by atoms with E-state index in [1.165, 1.54) is 7.11 Å². The summed E-state index contributed by atoms with van der Waals surface area (Å²) >= 11 is 5.99. The fourth-order valence-electron chi connectivity index (χ4n) is 4.27. The van der Waals surface area contributed by atoms with Crippen LogP contribution in [0, 0.1) is 0 Å². The van der Waals surface area contributed by atoms with Gasteiger partial charge in [-0.3, -0.25) is 4.79 Å². The van der Waals surface area contributed by atoms with Gasteiger partial charge in [0.05, 0.1) is 24.3 Å². The molecule has 0 radical (unpaired) electrons. The van der Waals surface area contributed by atoms with E-state index in [9.17, 15) is 9.59 Å². The van der Waals surface area contributed by atoms with Gasteiger partial charge in [-0.05, 0) is 43.3 Å². The maximum atomic E-state index is 13.4. The molecule has 2 aliphatic rings. The van der Waals surface area contributed by atoms with E-state index < -0.39 is 11.9 Å². The Morgan fingerprint density at radius 3 is 2.45 bits per heavy atom. The predicted molar refractivity (Wildman–Crippen MR) is 117 cm³/mol. The van der Waals surface area contributed by atoms with E-state index in [1.807, 2.05) is 36.4 Å². The molecule has 1 atom stereocenters. The highest BCUT2D eigenvalue weighted by Crippen LogP contribution is 2.47. The number of allylic oxidation sites excluding steroid dienone is 2. The number of carbonyl (C=O) groups excluding carboxylic acids is 2. The molecule has 1 aromatic heterocycles. The molecular weight excluding hydrogens is 414 g/mol. The van der Waals surface area contributed by atoms with Crippen molar-refractivity contribution < 1.29 is 18.7 Å². The SMILES string of the molecule is COC(=O)C1=C(C)NC2=C(C(=O)c3ccccc32)[C@@H]1c1ccc(-c2ccc(Cl)cc2)o1. The van der Waals surface area contributed by atoms with Gasteiger partial charge >= 0.3 is 5.97 Å². The first-order valence-corrected chi connectivity index (χ1v) is 10.2. The largest absolute Gasteiger partial charge is 0.466 e. The molecule has 0 bridgehead atoms. The highest BCUT2D eigenvalue weighted by Gasteiger charge is 2.44. The van der Waals surface area contributed by atoms with Crippen LogP contribution in [-0.2, 0) is 9.53 Å². The van der Waals surface area contributed by atoms with E-state index in [0.717, 1.165) is 11.1 Å². The zero-order valence-corrected chi connectivity index (χ0v) is 17.6. The number of halogens is 1. The van der Waals surface area contributed by atoms with Crippen LogP contribution in [0.5, 0.6) is 0 Å². The molecule has 0 unspecified atom stereocenters. The van der Waals surface area contributed by atoms with Gasteiger partial charge in [0.1, 0.15) is 11.5 Å². The molecule has 6 heteroatoms. The molecule has 1 aliphatic heterocycles. The monoisotopic (exact) mass is 431 g/mol. The number of rotatable bonds is 3. The molecule has 31 heavy (non-hydrogen) atoms. The van der Waals surface area contributed by atoms with E-state index in [0.29, 0.717) is 44.6 Å². The maximum Gasteiger partial charge on any atom is 0.336 e. The number of furan rings is 1. The minimum absolute atomic E-state index is 0.124. The van der Waals surface area contributed by atoms with Gasteiger partial charge in [0.2, 0.25) is 0 Å². The first-order valence-electron chi connectivity index (χ1n) is 9.79. The first-order chi connectivity index (χ1) is 15.0. The number of hydrogen-bond donors (Lipinski definition) is 1. The van der Waals surface area contributed by atoms with E-state index in [-0.39, 0.29) is 5.78 Å². The van der Waals surface area contributed by atoms with E-state index in [1.54, 1.807) is 31.2 Å². The number of fused-ring (bicyclic) bond motifs is 2. The van der Waals surface area contributed by atoms with Crippen molar-refractivity contribution in [3.8, 4) is 11.3 Å². The van der Waals surface area contributed by atoms with Crippen molar-refractivity contribution in [3.63, 3.8) is 0 Å². The van der Waals surface area contributed by atoms with Crippen molar-refractivity contribution in [2.75, 3.05) is 7.11 Å². The number of nitrogens with one attached hydrogen (secondary N) is 1. The molecule has 5 rings (SSSR count). The average molecular weight is 432 g/mol. The molecule has 0 saturated heterocycles. The highest BCUT2D eigenvalue weighted by atomic mass is 35.5. The van der Waals surface area contributed by atoms with Gasteiger partial charge < -0.3 is 14.5 Å². The summed E-state index contributed by atoms with van der Waals surface area (Å²) in [5, 5.41) is 3.89. The summed E-state index contributed by atoms with van der Waals surface area (Å²) in [6, 6.07) is 18.3. The van der Waals surface area contributed by atoms with Gasteiger partial charge in [-0.15, -0.1) is 0 Å². The zero-order chi connectivity index (χ0) is 21.7. The highest BCUT2D eigenvalue weighted by molar-refractivity contribution is 6.30. The quantitative estimate of drug-likeness (QED) is 0.567. The topological polar surface area (TPSA) is 68.5 Å². The molecule has 2 heterocycles. The van der Waals surface area contributed by atoms with Crippen molar-refractivity contribution in [1.82, 2.24) is 5.32 Å². The molecule has 0 amide bonds. The molecule has 0 spiro atoms. The average Bonchev–Trinajstić information content (AvgIpc) is 3.37. The van der Waals surface area contributed by atoms with Crippen LogP contribution in [0.1, 0.15) is 34.5 Å². The number of ketones is 1. The van der Waals surface area contributed by atoms with Gasteiger partial charge in [0, 0.05) is 33.0 Å². The Balaban J connectivity index is 1.67. The Labute approximate surface area is 184 Å². The fraction of sp³-hybridized carbons (Fsp3) is 0.120. The zero-order valence-electron chi connectivity index (χ0n) is 16.9. The number of esters is 1. The molecule has 0 saturated carbocycles. The van der Waals surface area contributed by atoms with Gasteiger partial charge in [0.25, 0.3) is 0 Å². The van der Waals surface area contributed by atoms with Crippen LogP contribution >= 0.6 is 11.6 Å². The number of benzene rings is 2.